The lowest BCUT2D eigenvalue weighted by Crippen LogP contribution is -2.03. The van der Waals surface area contributed by atoms with Gasteiger partial charge in [0.2, 0.25) is 0 Å². The maximum Gasteiger partial charge on any atom is 0.193 e. The van der Waals surface area contributed by atoms with Crippen LogP contribution >= 0.6 is 0 Å². The molecular weight excluding hydrogens is 289 g/mol. The number of carbonyl (C=O) groups excluding carboxylic acids is 1. The molecule has 0 heterocycles. The first-order valence-corrected chi connectivity index (χ1v) is 7.40. The molecule has 23 heavy (non-hydrogen) atoms. The Morgan fingerprint density at radius 2 is 1.52 bits per heavy atom. The Kier molecular flexibility index (Phi) is 4.48. The van der Waals surface area contributed by atoms with Crippen LogP contribution in [0, 0.1) is 5.82 Å². The Morgan fingerprint density at radius 1 is 0.826 bits per heavy atom. The summed E-state index contributed by atoms with van der Waals surface area (Å²) in [7, 11) is 0. The lowest BCUT2D eigenvalue weighted by Gasteiger charge is -2.08. The molecule has 0 saturated heterocycles. The molecule has 0 spiro atoms. The predicted octanol–water partition coefficient (Wildman–Crippen LogP) is 4.67. The molecule has 0 aliphatic rings. The third-order valence-corrected chi connectivity index (χ3v) is 3.57. The van der Waals surface area contributed by atoms with Gasteiger partial charge in [-0.2, -0.15) is 0 Å². The number of carbonyl (C=O) groups is 1. The van der Waals surface area contributed by atoms with Crippen molar-refractivity contribution < 1.29 is 9.18 Å². The summed E-state index contributed by atoms with van der Waals surface area (Å²) in [5.41, 5.74) is 3.14. The first-order chi connectivity index (χ1) is 11.2. The standard InChI is InChI=1S/C20H16FNO/c21-18-11-9-15(10-12-18)14-22-19-8-4-7-17(13-19)20(23)16-5-2-1-3-6-16/h1-13,22H,14H2. The highest BCUT2D eigenvalue weighted by molar-refractivity contribution is 6.09. The highest BCUT2D eigenvalue weighted by atomic mass is 19.1. The monoisotopic (exact) mass is 305 g/mol. The van der Waals surface area contributed by atoms with Crippen LogP contribution in [0.5, 0.6) is 0 Å². The second-order valence-electron chi connectivity index (χ2n) is 5.26. The van der Waals surface area contributed by atoms with Crippen LogP contribution in [0.25, 0.3) is 0 Å². The molecule has 3 aromatic carbocycles. The normalized spacial score (nSPS) is 10.3. The van der Waals surface area contributed by atoms with Crippen LogP contribution in [-0.4, -0.2) is 5.78 Å². The third-order valence-electron chi connectivity index (χ3n) is 3.57. The number of ketones is 1. The van der Waals surface area contributed by atoms with Gasteiger partial charge in [-0.05, 0) is 29.8 Å². The maximum atomic E-state index is 12.9. The number of nitrogens with one attached hydrogen (secondary N) is 1. The Balaban J connectivity index is 1.72. The minimum atomic E-state index is -0.246. The molecule has 3 aromatic rings. The van der Waals surface area contributed by atoms with E-state index in [1.165, 1.54) is 12.1 Å². The molecule has 0 unspecified atom stereocenters. The highest BCUT2D eigenvalue weighted by Gasteiger charge is 2.08. The summed E-state index contributed by atoms with van der Waals surface area (Å²) in [5, 5.41) is 3.25. The summed E-state index contributed by atoms with van der Waals surface area (Å²) in [5.74, 6) is -0.250. The molecule has 1 N–H and O–H groups in total. The quantitative estimate of drug-likeness (QED) is 0.694. The van der Waals surface area contributed by atoms with Gasteiger partial charge in [-0.15, -0.1) is 0 Å². The molecular formula is C20H16FNO. The van der Waals surface area contributed by atoms with Crippen LogP contribution < -0.4 is 5.32 Å². The Morgan fingerprint density at radius 3 is 2.26 bits per heavy atom. The smallest absolute Gasteiger partial charge is 0.193 e. The fraction of sp³-hybridized carbons (Fsp3) is 0.0500. The van der Waals surface area contributed by atoms with E-state index >= 15 is 0 Å². The number of halogens is 1. The van der Waals surface area contributed by atoms with Gasteiger partial charge in [0.15, 0.2) is 5.78 Å². The first-order valence-electron chi connectivity index (χ1n) is 7.40. The summed E-state index contributed by atoms with van der Waals surface area (Å²) in [6, 6.07) is 22.9. The van der Waals surface area contributed by atoms with Gasteiger partial charge in [0, 0.05) is 23.4 Å². The minimum Gasteiger partial charge on any atom is -0.381 e. The van der Waals surface area contributed by atoms with Crippen LogP contribution in [0.1, 0.15) is 21.5 Å². The van der Waals surface area contributed by atoms with Crippen molar-refractivity contribution in [1.82, 2.24) is 0 Å². The molecule has 3 heteroatoms. The van der Waals surface area contributed by atoms with Gasteiger partial charge < -0.3 is 5.32 Å². The van der Waals surface area contributed by atoms with Gasteiger partial charge in [-0.25, -0.2) is 4.39 Å². The number of hydrogen-bond donors (Lipinski definition) is 1. The Bertz CT molecular complexity index is 797. The molecule has 0 atom stereocenters. The summed E-state index contributed by atoms with van der Waals surface area (Å²) in [4.78, 5) is 12.4. The van der Waals surface area contributed by atoms with Gasteiger partial charge in [0.25, 0.3) is 0 Å². The van der Waals surface area contributed by atoms with Gasteiger partial charge in [-0.1, -0.05) is 54.6 Å². The molecule has 0 amide bonds. The fourth-order valence-electron chi connectivity index (χ4n) is 2.33. The summed E-state index contributed by atoms with van der Waals surface area (Å²) in [6.07, 6.45) is 0. The number of rotatable bonds is 5. The lowest BCUT2D eigenvalue weighted by atomic mass is 10.0. The van der Waals surface area contributed by atoms with E-state index in [-0.39, 0.29) is 11.6 Å². The summed E-state index contributed by atoms with van der Waals surface area (Å²) >= 11 is 0. The van der Waals surface area contributed by atoms with Crippen molar-refractivity contribution in [3.8, 4) is 0 Å². The van der Waals surface area contributed by atoms with Crippen molar-refractivity contribution in [2.75, 3.05) is 5.32 Å². The van der Waals surface area contributed by atoms with Crippen LogP contribution in [0.3, 0.4) is 0 Å². The topological polar surface area (TPSA) is 29.1 Å². The van der Waals surface area contributed by atoms with E-state index in [9.17, 15) is 9.18 Å². The molecule has 0 aliphatic carbocycles. The summed E-state index contributed by atoms with van der Waals surface area (Å²) < 4.78 is 12.9. The Hall–Kier alpha value is -2.94. The zero-order valence-corrected chi connectivity index (χ0v) is 12.5. The lowest BCUT2D eigenvalue weighted by molar-refractivity contribution is 0.103. The van der Waals surface area contributed by atoms with Gasteiger partial charge >= 0.3 is 0 Å². The van der Waals surface area contributed by atoms with Gasteiger partial charge in [-0.3, -0.25) is 4.79 Å². The van der Waals surface area contributed by atoms with E-state index in [0.29, 0.717) is 17.7 Å². The average molecular weight is 305 g/mol. The molecule has 114 valence electrons. The van der Waals surface area contributed by atoms with Crippen molar-refractivity contribution in [2.45, 2.75) is 6.54 Å². The Labute approximate surface area is 134 Å². The second kappa shape index (κ2) is 6.88. The van der Waals surface area contributed by atoms with Crippen molar-refractivity contribution in [2.24, 2.45) is 0 Å². The molecule has 2 nitrogen and oxygen atoms in total. The van der Waals surface area contributed by atoms with E-state index in [2.05, 4.69) is 5.32 Å². The van der Waals surface area contributed by atoms with Crippen LogP contribution in [0.15, 0.2) is 78.9 Å². The van der Waals surface area contributed by atoms with Crippen molar-refractivity contribution in [3.63, 3.8) is 0 Å². The molecule has 0 bridgehead atoms. The minimum absolute atomic E-state index is 0.00367. The SMILES string of the molecule is O=C(c1ccccc1)c1cccc(NCc2ccc(F)cc2)c1. The van der Waals surface area contributed by atoms with E-state index in [4.69, 9.17) is 0 Å². The van der Waals surface area contributed by atoms with Gasteiger partial charge in [0.05, 0.1) is 0 Å². The van der Waals surface area contributed by atoms with Crippen LogP contribution in [-0.2, 0) is 6.54 Å². The average Bonchev–Trinajstić information content (AvgIpc) is 2.61. The molecule has 0 radical (unpaired) electrons. The maximum absolute atomic E-state index is 12.9. The number of anilines is 1. The first kappa shape index (κ1) is 15.0. The molecule has 0 aromatic heterocycles. The highest BCUT2D eigenvalue weighted by Crippen LogP contribution is 2.16. The van der Waals surface area contributed by atoms with Crippen molar-refractivity contribution in [1.29, 1.82) is 0 Å². The van der Waals surface area contributed by atoms with E-state index in [0.717, 1.165) is 11.3 Å². The van der Waals surface area contributed by atoms with Crippen molar-refractivity contribution in [3.05, 3.63) is 101 Å². The van der Waals surface area contributed by atoms with Crippen molar-refractivity contribution >= 4 is 11.5 Å². The molecule has 0 aliphatic heterocycles. The zero-order valence-electron chi connectivity index (χ0n) is 12.5. The van der Waals surface area contributed by atoms with E-state index in [1.54, 1.807) is 30.3 Å². The molecule has 0 saturated carbocycles. The number of hydrogen-bond acceptors (Lipinski definition) is 2. The van der Waals surface area contributed by atoms with E-state index < -0.39 is 0 Å². The second-order valence-corrected chi connectivity index (χ2v) is 5.26. The third kappa shape index (κ3) is 3.83. The van der Waals surface area contributed by atoms with E-state index in [1.807, 2.05) is 36.4 Å². The predicted molar refractivity (Wildman–Crippen MR) is 90.0 cm³/mol. The largest absolute Gasteiger partial charge is 0.381 e. The van der Waals surface area contributed by atoms with Crippen LogP contribution in [0.2, 0.25) is 0 Å². The fourth-order valence-corrected chi connectivity index (χ4v) is 2.33. The molecule has 0 fully saturated rings. The van der Waals surface area contributed by atoms with Crippen LogP contribution in [0.4, 0.5) is 10.1 Å². The molecule has 3 rings (SSSR count). The number of benzene rings is 3. The zero-order chi connectivity index (χ0) is 16.1. The van der Waals surface area contributed by atoms with Gasteiger partial charge in [0.1, 0.15) is 5.82 Å². The summed E-state index contributed by atoms with van der Waals surface area (Å²) in [6.45, 7) is 0.573.